The van der Waals surface area contributed by atoms with Crippen LogP contribution in [0.2, 0.25) is 0 Å². The molecule has 0 saturated heterocycles. The molecule has 1 N–H and O–H groups in total. The van der Waals surface area contributed by atoms with Crippen molar-refractivity contribution >= 4 is 0 Å². The van der Waals surface area contributed by atoms with Crippen LogP contribution >= 0.6 is 0 Å². The summed E-state index contributed by atoms with van der Waals surface area (Å²) in [5.41, 5.74) is 2.74. The summed E-state index contributed by atoms with van der Waals surface area (Å²) in [4.78, 5) is 0. The van der Waals surface area contributed by atoms with Gasteiger partial charge in [-0.25, -0.2) is 8.78 Å². The summed E-state index contributed by atoms with van der Waals surface area (Å²) in [6, 6.07) is 19.3. The van der Waals surface area contributed by atoms with Crippen LogP contribution in [0.5, 0.6) is 5.75 Å². The summed E-state index contributed by atoms with van der Waals surface area (Å²) in [5, 5.41) is 9.45. The monoisotopic (exact) mass is 296 g/mol. The highest BCUT2D eigenvalue weighted by atomic mass is 19.1. The van der Waals surface area contributed by atoms with Crippen molar-refractivity contribution in [1.29, 1.82) is 0 Å². The third-order valence-electron chi connectivity index (χ3n) is 3.63. The molecule has 3 aromatic rings. The van der Waals surface area contributed by atoms with Gasteiger partial charge in [0.05, 0.1) is 0 Å². The van der Waals surface area contributed by atoms with Crippen LogP contribution in [0.4, 0.5) is 8.78 Å². The summed E-state index contributed by atoms with van der Waals surface area (Å²) in [6.45, 7) is 0. The molecule has 110 valence electrons. The quantitative estimate of drug-likeness (QED) is 0.685. The summed E-state index contributed by atoms with van der Waals surface area (Å²) >= 11 is 0. The van der Waals surface area contributed by atoms with Gasteiger partial charge in [0.1, 0.15) is 17.4 Å². The lowest BCUT2D eigenvalue weighted by Crippen LogP contribution is -2.03. The van der Waals surface area contributed by atoms with E-state index in [9.17, 15) is 13.9 Å². The largest absolute Gasteiger partial charge is 0.508 e. The van der Waals surface area contributed by atoms with Gasteiger partial charge in [-0.15, -0.1) is 0 Å². The topological polar surface area (TPSA) is 20.2 Å². The van der Waals surface area contributed by atoms with E-state index in [1.807, 2.05) is 12.1 Å². The van der Waals surface area contributed by atoms with Gasteiger partial charge in [0, 0.05) is 5.92 Å². The zero-order valence-corrected chi connectivity index (χ0v) is 11.7. The lowest BCUT2D eigenvalue weighted by molar-refractivity contribution is 0.475. The smallest absolute Gasteiger partial charge is 0.123 e. The van der Waals surface area contributed by atoms with Crippen molar-refractivity contribution in [2.45, 2.75) is 5.92 Å². The van der Waals surface area contributed by atoms with Gasteiger partial charge in [-0.05, 0) is 53.1 Å². The Labute approximate surface area is 127 Å². The van der Waals surface area contributed by atoms with Gasteiger partial charge in [-0.1, -0.05) is 36.4 Å². The first-order chi connectivity index (χ1) is 10.6. The van der Waals surface area contributed by atoms with Gasteiger partial charge in [-0.3, -0.25) is 0 Å². The molecule has 0 aliphatic rings. The predicted molar refractivity (Wildman–Crippen MR) is 81.9 cm³/mol. The van der Waals surface area contributed by atoms with E-state index in [2.05, 4.69) is 0 Å². The normalized spacial score (nSPS) is 10.9. The SMILES string of the molecule is Oc1ccc(C(c2ccc(F)cc2)c2ccc(F)cc2)cc1. The second kappa shape index (κ2) is 5.98. The molecule has 0 spiro atoms. The molecule has 0 saturated carbocycles. The van der Waals surface area contributed by atoms with E-state index >= 15 is 0 Å². The minimum absolute atomic E-state index is 0.151. The number of phenolic OH excluding ortho intramolecular Hbond substituents is 1. The van der Waals surface area contributed by atoms with E-state index in [4.69, 9.17) is 0 Å². The fourth-order valence-corrected chi connectivity index (χ4v) is 2.55. The lowest BCUT2D eigenvalue weighted by atomic mass is 9.85. The van der Waals surface area contributed by atoms with Crippen LogP contribution in [-0.4, -0.2) is 5.11 Å². The molecule has 0 atom stereocenters. The van der Waals surface area contributed by atoms with E-state index in [1.165, 1.54) is 24.3 Å². The molecule has 0 aliphatic carbocycles. The molecule has 0 aromatic heterocycles. The molecule has 3 aromatic carbocycles. The molecule has 0 unspecified atom stereocenters. The molecule has 0 heterocycles. The molecule has 3 rings (SSSR count). The van der Waals surface area contributed by atoms with Gasteiger partial charge in [0.25, 0.3) is 0 Å². The minimum atomic E-state index is -0.299. The fourth-order valence-electron chi connectivity index (χ4n) is 2.55. The maximum absolute atomic E-state index is 13.2. The summed E-state index contributed by atoms with van der Waals surface area (Å²) in [5.74, 6) is -0.567. The van der Waals surface area contributed by atoms with Gasteiger partial charge < -0.3 is 5.11 Å². The standard InChI is InChI=1S/C19H14F2O/c20-16-7-1-13(2-8-16)19(14-3-9-17(21)10-4-14)15-5-11-18(22)12-6-15/h1-12,19,22H. The second-order valence-electron chi connectivity index (χ2n) is 5.13. The third kappa shape index (κ3) is 2.98. The molecule has 3 heteroatoms. The highest BCUT2D eigenvalue weighted by Gasteiger charge is 2.17. The number of aromatic hydroxyl groups is 1. The molecule has 0 radical (unpaired) electrons. The van der Waals surface area contributed by atoms with E-state index in [1.54, 1.807) is 36.4 Å². The Hall–Kier alpha value is -2.68. The molecule has 0 aliphatic heterocycles. The first-order valence-electron chi connectivity index (χ1n) is 6.93. The van der Waals surface area contributed by atoms with Crippen molar-refractivity contribution < 1.29 is 13.9 Å². The van der Waals surface area contributed by atoms with Crippen molar-refractivity contribution in [2.24, 2.45) is 0 Å². The van der Waals surface area contributed by atoms with Gasteiger partial charge in [-0.2, -0.15) is 0 Å². The van der Waals surface area contributed by atoms with Crippen LogP contribution < -0.4 is 0 Å². The third-order valence-corrected chi connectivity index (χ3v) is 3.63. The van der Waals surface area contributed by atoms with Crippen molar-refractivity contribution in [1.82, 2.24) is 0 Å². The average Bonchev–Trinajstić information content (AvgIpc) is 2.53. The average molecular weight is 296 g/mol. The number of hydrogen-bond donors (Lipinski definition) is 1. The van der Waals surface area contributed by atoms with Crippen molar-refractivity contribution in [2.75, 3.05) is 0 Å². The number of halogens is 2. The van der Waals surface area contributed by atoms with Gasteiger partial charge in [0.2, 0.25) is 0 Å². The summed E-state index contributed by atoms with van der Waals surface area (Å²) < 4.78 is 26.4. The van der Waals surface area contributed by atoms with Crippen LogP contribution in [0.3, 0.4) is 0 Å². The summed E-state index contributed by atoms with van der Waals surface area (Å²) in [7, 11) is 0. The maximum atomic E-state index is 13.2. The first kappa shape index (κ1) is 14.3. The van der Waals surface area contributed by atoms with Crippen LogP contribution in [0.15, 0.2) is 72.8 Å². The Morgan fingerprint density at radius 3 is 1.23 bits per heavy atom. The van der Waals surface area contributed by atoms with Gasteiger partial charge >= 0.3 is 0 Å². The first-order valence-corrected chi connectivity index (χ1v) is 6.93. The molecule has 22 heavy (non-hydrogen) atoms. The fraction of sp³-hybridized carbons (Fsp3) is 0.0526. The zero-order chi connectivity index (χ0) is 15.5. The number of benzene rings is 3. The van der Waals surface area contributed by atoms with Crippen LogP contribution in [-0.2, 0) is 0 Å². The zero-order valence-electron chi connectivity index (χ0n) is 11.7. The molecular formula is C19H14F2O. The number of phenols is 1. The van der Waals surface area contributed by atoms with Crippen LogP contribution in [0.1, 0.15) is 22.6 Å². The van der Waals surface area contributed by atoms with Gasteiger partial charge in [0.15, 0.2) is 0 Å². The van der Waals surface area contributed by atoms with Crippen LogP contribution in [0.25, 0.3) is 0 Å². The van der Waals surface area contributed by atoms with Crippen molar-refractivity contribution in [3.8, 4) is 5.75 Å². The van der Waals surface area contributed by atoms with E-state index in [0.717, 1.165) is 16.7 Å². The lowest BCUT2D eigenvalue weighted by Gasteiger charge is -2.19. The Morgan fingerprint density at radius 2 is 0.864 bits per heavy atom. The maximum Gasteiger partial charge on any atom is 0.123 e. The second-order valence-corrected chi connectivity index (χ2v) is 5.13. The number of hydrogen-bond acceptors (Lipinski definition) is 1. The summed E-state index contributed by atoms with van der Waals surface area (Å²) in [6.07, 6.45) is 0. The minimum Gasteiger partial charge on any atom is -0.508 e. The number of rotatable bonds is 3. The Balaban J connectivity index is 2.10. The highest BCUT2D eigenvalue weighted by Crippen LogP contribution is 2.32. The van der Waals surface area contributed by atoms with E-state index in [0.29, 0.717) is 0 Å². The molecule has 0 bridgehead atoms. The van der Waals surface area contributed by atoms with E-state index < -0.39 is 0 Å². The Morgan fingerprint density at radius 1 is 0.545 bits per heavy atom. The van der Waals surface area contributed by atoms with Crippen molar-refractivity contribution in [3.63, 3.8) is 0 Å². The molecule has 0 fully saturated rings. The Bertz CT molecular complexity index is 639. The highest BCUT2D eigenvalue weighted by molar-refractivity contribution is 5.44. The van der Waals surface area contributed by atoms with E-state index in [-0.39, 0.29) is 23.3 Å². The van der Waals surface area contributed by atoms with Crippen molar-refractivity contribution in [3.05, 3.63) is 101 Å². The predicted octanol–water partition coefficient (Wildman–Crippen LogP) is 4.85. The molecule has 1 nitrogen and oxygen atoms in total. The Kier molecular flexibility index (Phi) is 3.88. The molecule has 0 amide bonds. The van der Waals surface area contributed by atoms with Crippen LogP contribution in [0, 0.1) is 11.6 Å². The molecular weight excluding hydrogens is 282 g/mol.